The highest BCUT2D eigenvalue weighted by molar-refractivity contribution is 7.19. The second-order valence-corrected chi connectivity index (χ2v) is 9.05. The van der Waals surface area contributed by atoms with Crippen molar-refractivity contribution in [1.82, 2.24) is 45.0 Å². The highest BCUT2D eigenvalue weighted by Gasteiger charge is 2.25. The minimum Gasteiger partial charge on any atom is -0.341 e. The van der Waals surface area contributed by atoms with Crippen molar-refractivity contribution in [2.24, 2.45) is 7.05 Å². The molecule has 0 saturated heterocycles. The zero-order chi connectivity index (χ0) is 23.4. The summed E-state index contributed by atoms with van der Waals surface area (Å²) in [5.74, 6) is -0.186. The molecule has 0 radical (unpaired) electrons. The molecule has 170 valence electrons. The predicted octanol–water partition coefficient (Wildman–Crippen LogP) is 2.22. The highest BCUT2D eigenvalue weighted by Crippen LogP contribution is 2.35. The summed E-state index contributed by atoms with van der Waals surface area (Å²) in [6.45, 7) is 1.78. The van der Waals surface area contributed by atoms with Crippen LogP contribution in [0.15, 0.2) is 47.7 Å². The van der Waals surface area contributed by atoms with E-state index in [2.05, 4.69) is 30.8 Å². The maximum absolute atomic E-state index is 13.4. The van der Waals surface area contributed by atoms with E-state index < -0.39 is 6.04 Å². The lowest BCUT2D eigenvalue weighted by molar-refractivity contribution is -0.119. The molecule has 1 amide bonds. The molecule has 11 nitrogen and oxygen atoms in total. The van der Waals surface area contributed by atoms with E-state index in [1.165, 1.54) is 22.9 Å². The maximum Gasteiger partial charge on any atom is 0.291 e. The molecular weight excluding hydrogens is 454 g/mol. The van der Waals surface area contributed by atoms with Gasteiger partial charge in [0.15, 0.2) is 5.65 Å². The van der Waals surface area contributed by atoms with Crippen molar-refractivity contribution in [3.63, 3.8) is 0 Å². The summed E-state index contributed by atoms with van der Waals surface area (Å²) in [6, 6.07) is 7.14. The Morgan fingerprint density at radius 2 is 2.12 bits per heavy atom. The van der Waals surface area contributed by atoms with Crippen molar-refractivity contribution in [3.05, 3.63) is 69.5 Å². The molecule has 3 N–H and O–H groups in total. The first kappa shape index (κ1) is 20.3. The maximum atomic E-state index is 13.4. The number of hydrogen-bond acceptors (Lipinski definition) is 7. The van der Waals surface area contributed by atoms with Crippen LogP contribution in [0.5, 0.6) is 0 Å². The van der Waals surface area contributed by atoms with E-state index in [0.29, 0.717) is 28.4 Å². The van der Waals surface area contributed by atoms with Gasteiger partial charge >= 0.3 is 0 Å². The fourth-order valence-corrected chi connectivity index (χ4v) is 5.44. The summed E-state index contributed by atoms with van der Waals surface area (Å²) < 4.78 is 4.09. The van der Waals surface area contributed by atoms with Gasteiger partial charge in [0.2, 0.25) is 5.91 Å². The topological polar surface area (TPSA) is 139 Å². The number of nitrogens with zero attached hydrogens (tertiary/aromatic N) is 6. The molecule has 0 spiro atoms. The normalized spacial score (nSPS) is 12.6. The third kappa shape index (κ3) is 3.10. The molecule has 6 rings (SSSR count). The number of hydrogen-bond donors (Lipinski definition) is 3. The van der Waals surface area contributed by atoms with Crippen LogP contribution in [0, 0.1) is 0 Å². The lowest BCUT2D eigenvalue weighted by Gasteiger charge is -2.12. The first-order valence-electron chi connectivity index (χ1n) is 10.5. The second kappa shape index (κ2) is 7.63. The van der Waals surface area contributed by atoms with E-state index >= 15 is 0 Å². The number of benzene rings is 1. The molecule has 34 heavy (non-hydrogen) atoms. The standard InChI is InChI=1S/C22H19N9O2S/c1-11(32)26-17(16-6-7-23-29-16)21-27-20-19(34-21)14-9-25-31(22(33)18(14)30(20)2)10-12-4-3-5-15-13(12)8-24-28-15/h3-9,17H,10H2,1-2H3,(H,23,29)(H,24,28)(H,26,32). The van der Waals surface area contributed by atoms with E-state index in [1.54, 1.807) is 29.2 Å². The summed E-state index contributed by atoms with van der Waals surface area (Å²) in [7, 11) is 1.82. The number of amides is 1. The molecule has 12 heteroatoms. The molecular formula is C22H19N9O2S. The zero-order valence-electron chi connectivity index (χ0n) is 18.2. The quantitative estimate of drug-likeness (QED) is 0.351. The molecule has 0 aliphatic heterocycles. The van der Waals surface area contributed by atoms with Crippen LogP contribution >= 0.6 is 11.3 Å². The monoisotopic (exact) mass is 473 g/mol. The number of rotatable bonds is 5. The molecule has 0 aliphatic rings. The first-order valence-corrected chi connectivity index (χ1v) is 11.4. The lowest BCUT2D eigenvalue weighted by Crippen LogP contribution is -2.27. The number of carbonyl (C=O) groups is 1. The fraction of sp³-hybridized carbons (Fsp3) is 0.182. The fourth-order valence-electron chi connectivity index (χ4n) is 4.27. The van der Waals surface area contributed by atoms with E-state index in [9.17, 15) is 9.59 Å². The van der Waals surface area contributed by atoms with Gasteiger partial charge in [-0.25, -0.2) is 9.67 Å². The second-order valence-electron chi connectivity index (χ2n) is 8.01. The van der Waals surface area contributed by atoms with E-state index in [0.717, 1.165) is 26.6 Å². The summed E-state index contributed by atoms with van der Waals surface area (Å²) in [5, 5.41) is 23.8. The Bertz CT molecular complexity index is 1740. The van der Waals surface area contributed by atoms with Gasteiger partial charge in [-0.05, 0) is 17.7 Å². The molecule has 0 aliphatic carbocycles. The molecule has 1 aromatic carbocycles. The Morgan fingerprint density at radius 1 is 1.24 bits per heavy atom. The molecule has 0 fully saturated rings. The van der Waals surface area contributed by atoms with Crippen LogP contribution in [0.4, 0.5) is 0 Å². The van der Waals surface area contributed by atoms with Gasteiger partial charge in [0.1, 0.15) is 16.6 Å². The number of aromatic amines is 2. The number of aromatic nitrogens is 8. The van der Waals surface area contributed by atoms with Crippen molar-refractivity contribution in [2.75, 3.05) is 0 Å². The molecule has 0 saturated carbocycles. The number of H-pyrrole nitrogens is 2. The van der Waals surface area contributed by atoms with Gasteiger partial charge in [0.25, 0.3) is 5.56 Å². The number of nitrogens with one attached hydrogen (secondary N) is 3. The largest absolute Gasteiger partial charge is 0.341 e. The predicted molar refractivity (Wildman–Crippen MR) is 128 cm³/mol. The Labute approximate surface area is 195 Å². The minimum atomic E-state index is -0.486. The molecule has 5 aromatic heterocycles. The molecule has 0 bridgehead atoms. The number of thiazole rings is 1. The Balaban J connectivity index is 1.45. The van der Waals surface area contributed by atoms with Crippen LogP contribution in [-0.4, -0.2) is 45.6 Å². The van der Waals surface area contributed by atoms with Crippen LogP contribution in [0.1, 0.15) is 29.2 Å². The minimum absolute atomic E-state index is 0.186. The number of fused-ring (bicyclic) bond motifs is 4. The summed E-state index contributed by atoms with van der Waals surface area (Å²) >= 11 is 1.42. The van der Waals surface area contributed by atoms with Crippen molar-refractivity contribution in [1.29, 1.82) is 0 Å². The van der Waals surface area contributed by atoms with E-state index in [4.69, 9.17) is 4.98 Å². The van der Waals surface area contributed by atoms with Crippen LogP contribution in [0.3, 0.4) is 0 Å². The molecule has 5 heterocycles. The first-order chi connectivity index (χ1) is 16.5. The van der Waals surface area contributed by atoms with Crippen LogP contribution in [-0.2, 0) is 18.4 Å². The zero-order valence-corrected chi connectivity index (χ0v) is 19.1. The van der Waals surface area contributed by atoms with Gasteiger partial charge in [-0.3, -0.25) is 19.8 Å². The van der Waals surface area contributed by atoms with Gasteiger partial charge < -0.3 is 9.88 Å². The van der Waals surface area contributed by atoms with Crippen molar-refractivity contribution in [3.8, 4) is 0 Å². The van der Waals surface area contributed by atoms with Gasteiger partial charge in [0.05, 0.1) is 34.8 Å². The Kier molecular flexibility index (Phi) is 4.55. The number of carbonyl (C=O) groups excluding carboxylic acids is 1. The van der Waals surface area contributed by atoms with Crippen molar-refractivity contribution < 1.29 is 4.79 Å². The van der Waals surface area contributed by atoms with Crippen LogP contribution in [0.2, 0.25) is 0 Å². The third-order valence-electron chi connectivity index (χ3n) is 5.85. The summed E-state index contributed by atoms with van der Waals surface area (Å²) in [6.07, 6.45) is 5.16. The molecule has 1 atom stereocenters. The average Bonchev–Trinajstić information content (AvgIpc) is 3.60. The summed E-state index contributed by atoms with van der Waals surface area (Å²) in [4.78, 5) is 30.0. The van der Waals surface area contributed by atoms with Gasteiger partial charge in [-0.15, -0.1) is 11.3 Å². The lowest BCUT2D eigenvalue weighted by atomic mass is 10.1. The summed E-state index contributed by atoms with van der Waals surface area (Å²) in [5.41, 5.74) is 3.52. The van der Waals surface area contributed by atoms with Gasteiger partial charge in [0, 0.05) is 30.9 Å². The van der Waals surface area contributed by atoms with Crippen molar-refractivity contribution >= 4 is 49.4 Å². The Morgan fingerprint density at radius 3 is 2.91 bits per heavy atom. The van der Waals surface area contributed by atoms with E-state index in [-0.39, 0.29) is 11.5 Å². The highest BCUT2D eigenvalue weighted by atomic mass is 32.1. The van der Waals surface area contributed by atoms with Crippen molar-refractivity contribution in [2.45, 2.75) is 19.5 Å². The number of aryl methyl sites for hydroxylation is 1. The third-order valence-corrected chi connectivity index (χ3v) is 6.99. The smallest absolute Gasteiger partial charge is 0.291 e. The van der Waals surface area contributed by atoms with Gasteiger partial charge in [-0.2, -0.15) is 15.3 Å². The van der Waals surface area contributed by atoms with E-state index in [1.807, 2.05) is 25.2 Å². The Hall–Kier alpha value is -4.32. The molecule has 1 unspecified atom stereocenters. The SMILES string of the molecule is CC(=O)NC(c1cc[nH]n1)c1nc2c(s1)c1cnn(Cc3cccc4[nH]ncc34)c(=O)c1n2C. The average molecular weight is 474 g/mol. The van der Waals surface area contributed by atoms with Crippen LogP contribution in [0.25, 0.3) is 32.2 Å². The van der Waals surface area contributed by atoms with Gasteiger partial charge in [-0.1, -0.05) is 12.1 Å². The molecule has 6 aromatic rings. The van der Waals surface area contributed by atoms with Crippen LogP contribution < -0.4 is 10.9 Å².